The number of hydrogen-bond donors (Lipinski definition) is 3. The Balaban J connectivity index is 0.00000256. The zero-order valence-electron chi connectivity index (χ0n) is 16.8. The first kappa shape index (κ1) is 22.2. The molecule has 7 nitrogen and oxygen atoms in total. The number of aromatic nitrogens is 1. The van der Waals surface area contributed by atoms with Crippen molar-refractivity contribution in [2.24, 2.45) is 0 Å². The van der Waals surface area contributed by atoms with Crippen molar-refractivity contribution in [3.05, 3.63) is 65.5 Å². The SMILES string of the molecule is Cl.O=C(CN1CCNCC1c1cccnc1)NCc1cccc(C(=O)NC2CC2)c1. The minimum Gasteiger partial charge on any atom is -0.351 e. The maximum atomic E-state index is 12.6. The maximum absolute atomic E-state index is 12.6. The van der Waals surface area contributed by atoms with Crippen LogP contribution in [-0.4, -0.2) is 53.9 Å². The molecule has 2 aliphatic rings. The van der Waals surface area contributed by atoms with Crippen molar-refractivity contribution >= 4 is 24.2 Å². The molecule has 0 bridgehead atoms. The average Bonchev–Trinajstić information content (AvgIpc) is 3.57. The number of benzene rings is 1. The minimum atomic E-state index is -0.0409. The average molecular weight is 430 g/mol. The number of halogens is 1. The number of pyridine rings is 1. The Morgan fingerprint density at radius 3 is 2.83 bits per heavy atom. The molecule has 1 unspecified atom stereocenters. The molecule has 30 heavy (non-hydrogen) atoms. The van der Waals surface area contributed by atoms with Gasteiger partial charge in [0.15, 0.2) is 0 Å². The van der Waals surface area contributed by atoms with Crippen molar-refractivity contribution < 1.29 is 9.59 Å². The summed E-state index contributed by atoms with van der Waals surface area (Å²) in [6.45, 7) is 3.22. The van der Waals surface area contributed by atoms with Crippen LogP contribution in [0.3, 0.4) is 0 Å². The minimum absolute atomic E-state index is 0. The molecule has 1 atom stereocenters. The van der Waals surface area contributed by atoms with Crippen LogP contribution in [0.15, 0.2) is 48.8 Å². The van der Waals surface area contributed by atoms with Gasteiger partial charge in [0.25, 0.3) is 5.91 Å². The van der Waals surface area contributed by atoms with Crippen molar-refractivity contribution in [1.82, 2.24) is 25.8 Å². The molecular formula is C22H28ClN5O2. The van der Waals surface area contributed by atoms with Gasteiger partial charge in [-0.2, -0.15) is 0 Å². The van der Waals surface area contributed by atoms with Gasteiger partial charge in [-0.25, -0.2) is 0 Å². The van der Waals surface area contributed by atoms with E-state index in [1.807, 2.05) is 42.6 Å². The molecule has 8 heteroatoms. The van der Waals surface area contributed by atoms with Crippen molar-refractivity contribution in [2.75, 3.05) is 26.2 Å². The number of nitrogens with one attached hydrogen (secondary N) is 3. The van der Waals surface area contributed by atoms with Gasteiger partial charge in [-0.05, 0) is 42.2 Å². The summed E-state index contributed by atoms with van der Waals surface area (Å²) in [5.41, 5.74) is 2.68. The first-order valence-electron chi connectivity index (χ1n) is 10.2. The standard InChI is InChI=1S/C22H27N5O2.ClH/c28-21(15-27-10-9-24-14-20(27)18-5-2-8-23-13-18)25-12-16-3-1-4-17(11-16)22(29)26-19-6-7-19;/h1-5,8,11,13,19-20,24H,6-7,9-10,12,14-15H2,(H,25,28)(H,26,29);1H. The second-order valence-electron chi connectivity index (χ2n) is 7.70. The highest BCUT2D eigenvalue weighted by molar-refractivity contribution is 5.94. The molecule has 1 aromatic carbocycles. The van der Waals surface area contributed by atoms with Crippen LogP contribution < -0.4 is 16.0 Å². The number of hydrogen-bond acceptors (Lipinski definition) is 5. The normalized spacial score (nSPS) is 18.9. The van der Waals surface area contributed by atoms with Gasteiger partial charge in [0.1, 0.15) is 0 Å². The van der Waals surface area contributed by atoms with E-state index >= 15 is 0 Å². The Morgan fingerprint density at radius 2 is 2.07 bits per heavy atom. The zero-order valence-corrected chi connectivity index (χ0v) is 17.7. The fourth-order valence-electron chi connectivity index (χ4n) is 3.60. The number of carbonyl (C=O) groups is 2. The monoisotopic (exact) mass is 429 g/mol. The van der Waals surface area contributed by atoms with Gasteiger partial charge < -0.3 is 16.0 Å². The van der Waals surface area contributed by atoms with E-state index in [2.05, 4.69) is 25.8 Å². The smallest absolute Gasteiger partial charge is 0.251 e. The number of nitrogens with zero attached hydrogens (tertiary/aromatic N) is 2. The summed E-state index contributed by atoms with van der Waals surface area (Å²) in [6.07, 6.45) is 5.75. The highest BCUT2D eigenvalue weighted by Gasteiger charge is 2.26. The Bertz CT molecular complexity index is 860. The molecule has 0 spiro atoms. The summed E-state index contributed by atoms with van der Waals surface area (Å²) in [4.78, 5) is 31.2. The van der Waals surface area contributed by atoms with E-state index in [-0.39, 0.29) is 30.3 Å². The molecule has 2 fully saturated rings. The van der Waals surface area contributed by atoms with E-state index < -0.39 is 0 Å². The summed E-state index contributed by atoms with van der Waals surface area (Å²) in [5, 5.41) is 9.37. The fourth-order valence-corrected chi connectivity index (χ4v) is 3.60. The van der Waals surface area contributed by atoms with Gasteiger partial charge in [-0.15, -0.1) is 12.4 Å². The Morgan fingerprint density at radius 1 is 1.20 bits per heavy atom. The van der Waals surface area contributed by atoms with Crippen LogP contribution in [0, 0.1) is 0 Å². The van der Waals surface area contributed by atoms with E-state index in [4.69, 9.17) is 0 Å². The van der Waals surface area contributed by atoms with Crippen molar-refractivity contribution in [2.45, 2.75) is 31.5 Å². The summed E-state index contributed by atoms with van der Waals surface area (Å²) in [6, 6.07) is 11.9. The third kappa shape index (κ3) is 6.01. The predicted molar refractivity (Wildman–Crippen MR) is 117 cm³/mol. The highest BCUT2D eigenvalue weighted by atomic mass is 35.5. The molecule has 1 saturated carbocycles. The van der Waals surface area contributed by atoms with Crippen LogP contribution in [-0.2, 0) is 11.3 Å². The lowest BCUT2D eigenvalue weighted by Crippen LogP contribution is -2.49. The molecule has 0 radical (unpaired) electrons. The lowest BCUT2D eigenvalue weighted by Gasteiger charge is -2.35. The van der Waals surface area contributed by atoms with Crippen molar-refractivity contribution in [3.63, 3.8) is 0 Å². The number of carbonyl (C=O) groups excluding carboxylic acids is 2. The number of amides is 2. The van der Waals surface area contributed by atoms with Gasteiger partial charge in [-0.3, -0.25) is 19.5 Å². The van der Waals surface area contributed by atoms with E-state index in [0.717, 1.165) is 43.6 Å². The summed E-state index contributed by atoms with van der Waals surface area (Å²) in [7, 11) is 0. The zero-order chi connectivity index (χ0) is 20.1. The first-order valence-corrected chi connectivity index (χ1v) is 10.2. The lowest BCUT2D eigenvalue weighted by atomic mass is 10.1. The van der Waals surface area contributed by atoms with E-state index in [9.17, 15) is 9.59 Å². The van der Waals surface area contributed by atoms with Crippen molar-refractivity contribution in [1.29, 1.82) is 0 Å². The van der Waals surface area contributed by atoms with Crippen LogP contribution in [0.1, 0.15) is 40.4 Å². The first-order chi connectivity index (χ1) is 14.2. The molecule has 1 aliphatic heterocycles. The van der Waals surface area contributed by atoms with Gasteiger partial charge in [0.2, 0.25) is 5.91 Å². The van der Waals surface area contributed by atoms with Crippen LogP contribution in [0.25, 0.3) is 0 Å². The van der Waals surface area contributed by atoms with Gasteiger partial charge in [0.05, 0.1) is 6.54 Å². The molecule has 2 amide bonds. The van der Waals surface area contributed by atoms with Crippen LogP contribution in [0.4, 0.5) is 0 Å². The molecule has 160 valence electrons. The molecular weight excluding hydrogens is 402 g/mol. The van der Waals surface area contributed by atoms with E-state index in [0.29, 0.717) is 24.7 Å². The van der Waals surface area contributed by atoms with E-state index in [1.54, 1.807) is 6.20 Å². The van der Waals surface area contributed by atoms with E-state index in [1.165, 1.54) is 0 Å². The van der Waals surface area contributed by atoms with Crippen LogP contribution in [0.5, 0.6) is 0 Å². The summed E-state index contributed by atoms with van der Waals surface area (Å²) >= 11 is 0. The molecule has 3 N–H and O–H groups in total. The van der Waals surface area contributed by atoms with Gasteiger partial charge in [-0.1, -0.05) is 18.2 Å². The Kier molecular flexibility index (Phi) is 7.79. The third-order valence-corrected chi connectivity index (χ3v) is 5.36. The van der Waals surface area contributed by atoms with Crippen molar-refractivity contribution in [3.8, 4) is 0 Å². The largest absolute Gasteiger partial charge is 0.351 e. The molecule has 1 aliphatic carbocycles. The van der Waals surface area contributed by atoms with Gasteiger partial charge in [0, 0.05) is 56.2 Å². The Hall–Kier alpha value is -2.48. The lowest BCUT2D eigenvalue weighted by molar-refractivity contribution is -0.123. The molecule has 2 aromatic rings. The third-order valence-electron chi connectivity index (χ3n) is 5.36. The second kappa shape index (κ2) is 10.5. The van der Waals surface area contributed by atoms with Crippen LogP contribution >= 0.6 is 12.4 Å². The second-order valence-corrected chi connectivity index (χ2v) is 7.70. The molecule has 1 saturated heterocycles. The molecule has 1 aromatic heterocycles. The summed E-state index contributed by atoms with van der Waals surface area (Å²) in [5.74, 6) is -0.0607. The Labute approximate surface area is 183 Å². The highest BCUT2D eigenvalue weighted by Crippen LogP contribution is 2.21. The fraction of sp³-hybridized carbons (Fsp3) is 0.409. The predicted octanol–water partition coefficient (Wildman–Crippen LogP) is 1.66. The quantitative estimate of drug-likeness (QED) is 0.623. The topological polar surface area (TPSA) is 86.4 Å². The number of piperazine rings is 1. The molecule has 4 rings (SSSR count). The summed E-state index contributed by atoms with van der Waals surface area (Å²) < 4.78 is 0. The van der Waals surface area contributed by atoms with Crippen LogP contribution in [0.2, 0.25) is 0 Å². The maximum Gasteiger partial charge on any atom is 0.251 e. The number of rotatable bonds is 7. The van der Waals surface area contributed by atoms with Gasteiger partial charge >= 0.3 is 0 Å². The molecule has 2 heterocycles.